The molecule has 6 nitrogen and oxygen atoms in total. The fraction of sp³-hybridized carbons (Fsp3) is 0.360. The van der Waals surface area contributed by atoms with Crippen molar-refractivity contribution < 1.29 is 9.59 Å². The fourth-order valence-electron chi connectivity index (χ4n) is 3.43. The molecule has 2 aromatic carbocycles. The smallest absolute Gasteiger partial charge is 0.216 e. The number of thioether (sulfide) groups is 1. The molecular formula is C25H29IN4O2S. The van der Waals surface area contributed by atoms with Gasteiger partial charge in [-0.15, -0.1) is 10.2 Å². The number of rotatable bonds is 11. The van der Waals surface area contributed by atoms with Gasteiger partial charge in [-0.2, -0.15) is 0 Å². The summed E-state index contributed by atoms with van der Waals surface area (Å²) < 4.78 is 3.15. The van der Waals surface area contributed by atoms with Gasteiger partial charge in [-0.1, -0.05) is 49.9 Å². The third-order valence-corrected chi connectivity index (χ3v) is 6.64. The zero-order valence-electron chi connectivity index (χ0n) is 19.2. The molecule has 0 unspecified atom stereocenters. The molecule has 0 radical (unpaired) electrons. The van der Waals surface area contributed by atoms with Crippen LogP contribution in [0.5, 0.6) is 0 Å². The van der Waals surface area contributed by atoms with E-state index >= 15 is 0 Å². The molecule has 1 amide bonds. The Hall–Kier alpha value is -2.20. The Morgan fingerprint density at radius 3 is 2.39 bits per heavy atom. The molecule has 0 saturated heterocycles. The maximum Gasteiger partial charge on any atom is 0.216 e. The third kappa shape index (κ3) is 7.67. The Bertz CT molecular complexity index is 1080. The minimum absolute atomic E-state index is 0.0407. The normalized spacial score (nSPS) is 11.1. The zero-order valence-corrected chi connectivity index (χ0v) is 22.2. The molecule has 3 rings (SSSR count). The highest BCUT2D eigenvalue weighted by molar-refractivity contribution is 14.1. The van der Waals surface area contributed by atoms with E-state index in [-0.39, 0.29) is 17.4 Å². The van der Waals surface area contributed by atoms with Crippen LogP contribution in [0.4, 0.5) is 0 Å². The van der Waals surface area contributed by atoms with Gasteiger partial charge in [0.15, 0.2) is 10.9 Å². The lowest BCUT2D eigenvalue weighted by Gasteiger charge is -2.11. The summed E-state index contributed by atoms with van der Waals surface area (Å²) in [5, 5.41) is 12.3. The molecule has 33 heavy (non-hydrogen) atoms. The molecule has 0 bridgehead atoms. The summed E-state index contributed by atoms with van der Waals surface area (Å²) in [6.07, 6.45) is 2.44. The van der Waals surface area contributed by atoms with Crippen LogP contribution in [0.2, 0.25) is 0 Å². The molecule has 1 aromatic heterocycles. The highest BCUT2D eigenvalue weighted by atomic mass is 127. The molecular weight excluding hydrogens is 547 g/mol. The number of benzene rings is 2. The Morgan fingerprint density at radius 2 is 1.76 bits per heavy atom. The number of nitrogens with zero attached hydrogens (tertiary/aromatic N) is 3. The first-order chi connectivity index (χ1) is 15.8. The second-order valence-electron chi connectivity index (χ2n) is 8.30. The Morgan fingerprint density at radius 1 is 1.06 bits per heavy atom. The first-order valence-corrected chi connectivity index (χ1v) is 13.1. The summed E-state index contributed by atoms with van der Waals surface area (Å²) in [4.78, 5) is 23.9. The van der Waals surface area contributed by atoms with Crippen molar-refractivity contribution in [2.24, 2.45) is 5.92 Å². The van der Waals surface area contributed by atoms with Crippen molar-refractivity contribution in [1.29, 1.82) is 0 Å². The van der Waals surface area contributed by atoms with E-state index in [2.05, 4.69) is 52.0 Å². The van der Waals surface area contributed by atoms with Gasteiger partial charge in [0, 0.05) is 34.7 Å². The first kappa shape index (κ1) is 25.4. The number of nitrogens with one attached hydrogen (secondary N) is 1. The van der Waals surface area contributed by atoms with Crippen LogP contribution in [0, 0.1) is 9.49 Å². The predicted octanol–water partition coefficient (Wildman–Crippen LogP) is 5.11. The van der Waals surface area contributed by atoms with E-state index in [0.29, 0.717) is 29.6 Å². The minimum atomic E-state index is -0.0407. The standard InChI is InChI=1S/C25H29IN4O2S/c1-17(2)15-19-6-8-20(9-7-19)23(32)16-33-25-29-28-24(5-4-14-27-18(3)31)30(25)22-12-10-21(26)11-13-22/h6-13,17H,4-5,14-16H2,1-3H3,(H,27,31). The van der Waals surface area contributed by atoms with Crippen LogP contribution < -0.4 is 5.32 Å². The summed E-state index contributed by atoms with van der Waals surface area (Å²) in [7, 11) is 0. The first-order valence-electron chi connectivity index (χ1n) is 11.0. The number of amides is 1. The topological polar surface area (TPSA) is 76.9 Å². The molecule has 1 N–H and O–H groups in total. The number of hydrogen-bond acceptors (Lipinski definition) is 5. The molecule has 1 heterocycles. The molecule has 0 atom stereocenters. The van der Waals surface area contributed by atoms with Gasteiger partial charge in [0.05, 0.1) is 5.75 Å². The summed E-state index contributed by atoms with van der Waals surface area (Å²) in [6, 6.07) is 16.0. The maximum atomic E-state index is 12.8. The number of carbonyl (C=O) groups excluding carboxylic acids is 2. The van der Waals surface area contributed by atoms with E-state index in [0.717, 1.165) is 27.9 Å². The van der Waals surface area contributed by atoms with Crippen LogP contribution in [0.3, 0.4) is 0 Å². The highest BCUT2D eigenvalue weighted by Gasteiger charge is 2.16. The summed E-state index contributed by atoms with van der Waals surface area (Å²) >= 11 is 3.67. The zero-order chi connectivity index (χ0) is 23.8. The maximum absolute atomic E-state index is 12.8. The second-order valence-corrected chi connectivity index (χ2v) is 10.5. The van der Waals surface area contributed by atoms with Gasteiger partial charge in [0.25, 0.3) is 0 Å². The van der Waals surface area contributed by atoms with Gasteiger partial charge < -0.3 is 5.32 Å². The predicted molar refractivity (Wildman–Crippen MR) is 141 cm³/mol. The van der Waals surface area contributed by atoms with Crippen LogP contribution in [-0.2, 0) is 17.6 Å². The van der Waals surface area contributed by atoms with Crippen molar-refractivity contribution in [1.82, 2.24) is 20.1 Å². The van der Waals surface area contributed by atoms with Crippen LogP contribution in [0.1, 0.15) is 48.9 Å². The molecule has 8 heteroatoms. The number of ketones is 1. The van der Waals surface area contributed by atoms with Gasteiger partial charge in [0.2, 0.25) is 5.91 Å². The molecule has 0 saturated carbocycles. The Balaban J connectivity index is 1.72. The number of Topliss-reactive ketones (excluding diaryl/α,β-unsaturated/α-hetero) is 1. The lowest BCUT2D eigenvalue weighted by molar-refractivity contribution is -0.118. The molecule has 174 valence electrons. The lowest BCUT2D eigenvalue weighted by Crippen LogP contribution is -2.21. The number of carbonyl (C=O) groups is 2. The average Bonchev–Trinajstić information content (AvgIpc) is 3.18. The summed E-state index contributed by atoms with van der Waals surface area (Å²) in [6.45, 7) is 6.47. The molecule has 0 spiro atoms. The third-order valence-electron chi connectivity index (χ3n) is 4.99. The molecule has 0 fully saturated rings. The van der Waals surface area contributed by atoms with E-state index in [1.54, 1.807) is 0 Å². The Kier molecular flexibility index (Phi) is 9.49. The SMILES string of the molecule is CC(=O)NCCCc1nnc(SCC(=O)c2ccc(CC(C)C)cc2)n1-c1ccc(I)cc1. The largest absolute Gasteiger partial charge is 0.356 e. The quantitative estimate of drug-likeness (QED) is 0.149. The molecule has 0 aliphatic carbocycles. The number of aromatic nitrogens is 3. The van der Waals surface area contributed by atoms with Crippen LogP contribution in [0.15, 0.2) is 53.7 Å². The average molecular weight is 577 g/mol. The van der Waals surface area contributed by atoms with Gasteiger partial charge in [-0.3, -0.25) is 14.2 Å². The fourth-order valence-corrected chi connectivity index (χ4v) is 4.65. The van der Waals surface area contributed by atoms with Crippen molar-refractivity contribution in [3.63, 3.8) is 0 Å². The van der Waals surface area contributed by atoms with Gasteiger partial charge in [-0.25, -0.2) is 0 Å². The summed E-state index contributed by atoms with van der Waals surface area (Å²) in [5.74, 6) is 1.72. The molecule has 0 aliphatic rings. The van der Waals surface area contributed by atoms with E-state index in [9.17, 15) is 9.59 Å². The minimum Gasteiger partial charge on any atom is -0.356 e. The van der Waals surface area contributed by atoms with Crippen molar-refractivity contribution in [3.05, 3.63) is 69.1 Å². The highest BCUT2D eigenvalue weighted by Crippen LogP contribution is 2.24. The van der Waals surface area contributed by atoms with Gasteiger partial charge in [-0.05, 0) is 71.2 Å². The monoisotopic (exact) mass is 576 g/mol. The van der Waals surface area contributed by atoms with Crippen molar-refractivity contribution in [2.75, 3.05) is 12.3 Å². The lowest BCUT2D eigenvalue weighted by atomic mass is 10.0. The Labute approximate surface area is 213 Å². The number of aryl methyl sites for hydroxylation is 1. The molecule has 3 aromatic rings. The van der Waals surface area contributed by atoms with Crippen LogP contribution in [-0.4, -0.2) is 38.8 Å². The number of hydrogen-bond donors (Lipinski definition) is 1. The van der Waals surface area contributed by atoms with E-state index in [1.165, 1.54) is 24.2 Å². The van der Waals surface area contributed by atoms with Gasteiger partial charge in [0.1, 0.15) is 5.82 Å². The summed E-state index contributed by atoms with van der Waals surface area (Å²) in [5.41, 5.74) is 2.92. The molecule has 0 aliphatic heterocycles. The van der Waals surface area contributed by atoms with Crippen LogP contribution in [0.25, 0.3) is 5.69 Å². The number of halogens is 1. The van der Waals surface area contributed by atoms with Crippen molar-refractivity contribution in [3.8, 4) is 5.69 Å². The van der Waals surface area contributed by atoms with Crippen molar-refractivity contribution >= 4 is 46.0 Å². The van der Waals surface area contributed by atoms with E-state index < -0.39 is 0 Å². The van der Waals surface area contributed by atoms with Gasteiger partial charge >= 0.3 is 0 Å². The van der Waals surface area contributed by atoms with Crippen molar-refractivity contribution in [2.45, 2.75) is 45.2 Å². The van der Waals surface area contributed by atoms with Crippen LogP contribution >= 0.6 is 34.4 Å². The van der Waals surface area contributed by atoms with E-state index in [4.69, 9.17) is 0 Å². The second kappa shape index (κ2) is 12.3. The van der Waals surface area contributed by atoms with E-state index in [1.807, 2.05) is 53.1 Å².